The molecule has 1 aromatic carbocycles. The number of hydrogen-bond acceptors (Lipinski definition) is 10. The molecule has 1 aromatic heterocycles. The van der Waals surface area contributed by atoms with E-state index in [1.165, 1.54) is 35.6 Å². The van der Waals surface area contributed by atoms with Gasteiger partial charge in [0, 0.05) is 48.7 Å². The second-order valence-corrected chi connectivity index (χ2v) is 13.8. The van der Waals surface area contributed by atoms with Gasteiger partial charge in [0.15, 0.2) is 26.8 Å². The highest BCUT2D eigenvalue weighted by atomic mass is 32.2. The number of thiazole rings is 1. The van der Waals surface area contributed by atoms with Crippen LogP contribution in [0.2, 0.25) is 0 Å². The highest BCUT2D eigenvalue weighted by Gasteiger charge is 2.40. The largest absolute Gasteiger partial charge is 0.471 e. The number of hydrogen-bond donors (Lipinski definition) is 2. The van der Waals surface area contributed by atoms with Gasteiger partial charge in [-0.25, -0.2) is 13.4 Å². The van der Waals surface area contributed by atoms with Gasteiger partial charge in [0.05, 0.1) is 23.4 Å². The Balaban J connectivity index is 1.20. The Morgan fingerprint density at radius 3 is 2.45 bits per heavy atom. The van der Waals surface area contributed by atoms with Crippen LogP contribution in [0.1, 0.15) is 42.5 Å². The van der Waals surface area contributed by atoms with Crippen molar-refractivity contribution >= 4 is 43.8 Å². The van der Waals surface area contributed by atoms with E-state index in [1.54, 1.807) is 6.20 Å². The molecule has 3 fully saturated rings. The first-order valence-corrected chi connectivity index (χ1v) is 15.9. The third-order valence-electron chi connectivity index (χ3n) is 7.15. The van der Waals surface area contributed by atoms with Crippen molar-refractivity contribution in [2.75, 3.05) is 31.6 Å². The Bertz CT molecular complexity index is 1410. The van der Waals surface area contributed by atoms with Crippen LogP contribution in [0.5, 0.6) is 0 Å². The van der Waals surface area contributed by atoms with Gasteiger partial charge in [-0.05, 0) is 37.8 Å². The van der Waals surface area contributed by atoms with E-state index >= 15 is 0 Å². The van der Waals surface area contributed by atoms with Crippen molar-refractivity contribution < 1.29 is 40.8 Å². The summed E-state index contributed by atoms with van der Waals surface area (Å²) in [5.74, 6) is -2.51. The molecule has 2 amide bonds. The van der Waals surface area contributed by atoms with E-state index in [2.05, 4.69) is 15.5 Å². The second-order valence-electron chi connectivity index (χ2n) is 10.4. The molecule has 0 radical (unpaired) electrons. The van der Waals surface area contributed by atoms with Gasteiger partial charge < -0.3 is 14.9 Å². The van der Waals surface area contributed by atoms with Crippen LogP contribution in [-0.2, 0) is 35.5 Å². The summed E-state index contributed by atoms with van der Waals surface area (Å²) in [5, 5.41) is 8.81. The van der Waals surface area contributed by atoms with Gasteiger partial charge in [0.1, 0.15) is 0 Å². The lowest BCUT2D eigenvalue weighted by Gasteiger charge is -2.32. The van der Waals surface area contributed by atoms with Gasteiger partial charge in [0.2, 0.25) is 0 Å². The van der Waals surface area contributed by atoms with E-state index in [0.717, 1.165) is 4.88 Å². The Kier molecular flexibility index (Phi) is 9.15. The number of carbonyl (C=O) groups is 2. The Labute approximate surface area is 244 Å². The molecule has 2 aliphatic heterocycles. The lowest BCUT2D eigenvalue weighted by Crippen LogP contribution is -2.48. The van der Waals surface area contributed by atoms with Crippen molar-refractivity contribution in [1.29, 1.82) is 0 Å². The molecule has 5 rings (SSSR count). The fraction of sp³-hybridized carbons (Fsp3) is 0.538. The number of likely N-dealkylation sites (tertiary alicyclic amines) is 1. The molecule has 3 aliphatic rings. The van der Waals surface area contributed by atoms with E-state index in [9.17, 15) is 31.2 Å². The summed E-state index contributed by atoms with van der Waals surface area (Å²) in [6.45, 7) is 2.34. The summed E-state index contributed by atoms with van der Waals surface area (Å²) in [5.41, 5.74) is 0.329. The molecule has 16 heteroatoms. The standard InChI is InChI=1S/C26H30F3N5O6S2/c27-26(28,29)24(36)31-17-7-10-34(11-8-17)14-19-13-30-25(41-19)32-23(35)22(33-40-18-9-12-39-15-18)16-1-3-20(4-2-16)42(37,38)21-5-6-21/h1-4,13,17-18,21H,5-12,14-15H2,(H,31,36)(H,30,32,35)/b33-22+/t18-/m1/s1. The highest BCUT2D eigenvalue weighted by Crippen LogP contribution is 2.33. The lowest BCUT2D eigenvalue weighted by molar-refractivity contribution is -0.174. The minimum Gasteiger partial charge on any atom is -0.389 e. The Morgan fingerprint density at radius 1 is 1.12 bits per heavy atom. The van der Waals surface area contributed by atoms with Crippen LogP contribution in [0.25, 0.3) is 0 Å². The van der Waals surface area contributed by atoms with Gasteiger partial charge in [-0.2, -0.15) is 13.2 Å². The number of halogens is 3. The summed E-state index contributed by atoms with van der Waals surface area (Å²) in [6.07, 6.45) is -0.914. The zero-order valence-electron chi connectivity index (χ0n) is 22.4. The van der Waals surface area contributed by atoms with Crippen molar-refractivity contribution in [3.63, 3.8) is 0 Å². The number of aromatic nitrogens is 1. The molecular formula is C26H30F3N5O6S2. The van der Waals surface area contributed by atoms with Gasteiger partial charge in [-0.15, -0.1) is 11.3 Å². The second kappa shape index (κ2) is 12.7. The monoisotopic (exact) mass is 629 g/mol. The number of alkyl halides is 3. The average Bonchev–Trinajstić information content (AvgIpc) is 3.54. The number of piperidine rings is 1. The molecule has 1 aliphatic carbocycles. The van der Waals surface area contributed by atoms with E-state index in [0.29, 0.717) is 75.6 Å². The summed E-state index contributed by atoms with van der Waals surface area (Å²) in [4.78, 5) is 37.4. The number of oxime groups is 1. The quantitative estimate of drug-likeness (QED) is 0.302. The summed E-state index contributed by atoms with van der Waals surface area (Å²) < 4.78 is 68.0. The molecule has 42 heavy (non-hydrogen) atoms. The normalized spacial score (nSPS) is 20.8. The predicted molar refractivity (Wildman–Crippen MR) is 147 cm³/mol. The molecule has 2 aromatic rings. The molecule has 2 saturated heterocycles. The van der Waals surface area contributed by atoms with E-state index in [4.69, 9.17) is 9.57 Å². The topological polar surface area (TPSA) is 139 Å². The number of ether oxygens (including phenoxy) is 1. The summed E-state index contributed by atoms with van der Waals surface area (Å²) in [6, 6.07) is 5.44. The van der Waals surface area contributed by atoms with Crippen molar-refractivity contribution in [1.82, 2.24) is 15.2 Å². The van der Waals surface area contributed by atoms with Gasteiger partial charge in [0.25, 0.3) is 5.91 Å². The van der Waals surface area contributed by atoms with Gasteiger partial charge >= 0.3 is 12.1 Å². The Morgan fingerprint density at radius 2 is 1.83 bits per heavy atom. The molecule has 0 spiro atoms. The Hall–Kier alpha value is -3.08. The molecular weight excluding hydrogens is 599 g/mol. The maximum Gasteiger partial charge on any atom is 0.471 e. The third-order valence-corrected chi connectivity index (χ3v) is 10.3. The predicted octanol–water partition coefficient (Wildman–Crippen LogP) is 2.87. The zero-order chi connectivity index (χ0) is 29.9. The maximum atomic E-state index is 13.3. The summed E-state index contributed by atoms with van der Waals surface area (Å²) >= 11 is 1.24. The van der Waals surface area contributed by atoms with Crippen molar-refractivity contribution in [2.45, 2.75) is 67.1 Å². The smallest absolute Gasteiger partial charge is 0.389 e. The molecule has 1 atom stereocenters. The third kappa shape index (κ3) is 7.65. The van der Waals surface area contributed by atoms with Gasteiger partial charge in [-0.1, -0.05) is 17.3 Å². The van der Waals surface area contributed by atoms with E-state index < -0.39 is 33.9 Å². The van der Waals surface area contributed by atoms with Crippen molar-refractivity contribution in [3.05, 3.63) is 40.9 Å². The van der Waals surface area contributed by atoms with Crippen LogP contribution in [0, 0.1) is 0 Å². The molecule has 2 N–H and O–H groups in total. The van der Waals surface area contributed by atoms with Crippen LogP contribution in [0.15, 0.2) is 40.5 Å². The van der Waals surface area contributed by atoms with E-state index in [1.807, 2.05) is 10.2 Å². The number of nitrogens with zero attached hydrogens (tertiary/aromatic N) is 3. The molecule has 11 nitrogen and oxygen atoms in total. The zero-order valence-corrected chi connectivity index (χ0v) is 24.1. The number of sulfone groups is 1. The van der Waals surface area contributed by atoms with E-state index in [-0.39, 0.29) is 22.0 Å². The minimum atomic E-state index is -4.90. The number of nitrogens with one attached hydrogen (secondary N) is 2. The molecule has 3 heterocycles. The SMILES string of the molecule is O=C(Nc1ncc(CN2CCC(NC(=O)C(F)(F)F)CC2)s1)/C(=N/O[C@@H]1CCOC1)c1ccc(S(=O)(=O)C2CC2)cc1. The van der Waals surface area contributed by atoms with Crippen LogP contribution in [0.3, 0.4) is 0 Å². The van der Waals surface area contributed by atoms with Crippen molar-refractivity contribution in [2.24, 2.45) is 5.16 Å². The van der Waals surface area contributed by atoms with Crippen LogP contribution >= 0.6 is 11.3 Å². The maximum absolute atomic E-state index is 13.3. The average molecular weight is 630 g/mol. The number of rotatable bonds is 10. The first-order chi connectivity index (χ1) is 20.0. The first kappa shape index (κ1) is 30.4. The first-order valence-electron chi connectivity index (χ1n) is 13.5. The van der Waals surface area contributed by atoms with Crippen molar-refractivity contribution in [3.8, 4) is 0 Å². The minimum absolute atomic E-state index is 0.0444. The highest BCUT2D eigenvalue weighted by molar-refractivity contribution is 7.92. The molecule has 228 valence electrons. The number of anilines is 1. The summed E-state index contributed by atoms with van der Waals surface area (Å²) in [7, 11) is -3.39. The molecule has 0 unspecified atom stereocenters. The number of benzene rings is 1. The lowest BCUT2D eigenvalue weighted by atomic mass is 10.0. The van der Waals surface area contributed by atoms with Gasteiger partial charge in [-0.3, -0.25) is 19.8 Å². The number of carbonyl (C=O) groups excluding carboxylic acids is 2. The van der Waals surface area contributed by atoms with Crippen LogP contribution in [-0.4, -0.2) is 85.7 Å². The molecule has 0 bridgehead atoms. The fourth-order valence-electron chi connectivity index (χ4n) is 4.64. The number of amides is 2. The fourth-order valence-corrected chi connectivity index (χ4v) is 7.15. The van der Waals surface area contributed by atoms with Crippen LogP contribution < -0.4 is 10.6 Å². The van der Waals surface area contributed by atoms with Crippen LogP contribution in [0.4, 0.5) is 18.3 Å². The molecule has 1 saturated carbocycles.